The van der Waals surface area contributed by atoms with Gasteiger partial charge in [0.05, 0.1) is 13.7 Å². The van der Waals surface area contributed by atoms with Gasteiger partial charge in [-0.05, 0) is 18.9 Å². The van der Waals surface area contributed by atoms with Gasteiger partial charge < -0.3 is 9.47 Å². The number of methoxy groups -OCH3 is 2. The number of ether oxygens (including phenoxy) is 2. The Labute approximate surface area is 84.4 Å². The zero-order valence-electron chi connectivity index (χ0n) is 8.87. The molecule has 0 N–H and O–H groups in total. The third kappa shape index (κ3) is 2.23. The summed E-state index contributed by atoms with van der Waals surface area (Å²) in [6.45, 7) is 2.40. The molecule has 0 amide bonds. The number of carbonyl (C=O) groups excluding carboxylic acids is 1. The molecule has 0 bridgehead atoms. The molecule has 3 nitrogen and oxygen atoms in total. The number of hydrogen-bond acceptors (Lipinski definition) is 3. The summed E-state index contributed by atoms with van der Waals surface area (Å²) in [4.78, 5) is 11.5. The molecule has 0 saturated heterocycles. The summed E-state index contributed by atoms with van der Waals surface area (Å²) in [7, 11) is 3.05. The third-order valence-corrected chi connectivity index (χ3v) is 2.30. The Bertz CT molecular complexity index is 278. The van der Waals surface area contributed by atoms with Crippen LogP contribution < -0.4 is 0 Å². The maximum absolute atomic E-state index is 11.5. The van der Waals surface area contributed by atoms with Crippen molar-refractivity contribution in [3.05, 3.63) is 23.8 Å². The van der Waals surface area contributed by atoms with Crippen LogP contribution in [0.2, 0.25) is 0 Å². The summed E-state index contributed by atoms with van der Waals surface area (Å²) in [5.74, 6) is -0.234. The molecule has 14 heavy (non-hydrogen) atoms. The number of rotatable bonds is 3. The Morgan fingerprint density at radius 1 is 1.57 bits per heavy atom. The van der Waals surface area contributed by atoms with Crippen molar-refractivity contribution >= 4 is 5.97 Å². The molecule has 3 heteroatoms. The van der Waals surface area contributed by atoms with E-state index in [4.69, 9.17) is 9.47 Å². The van der Waals surface area contributed by atoms with Gasteiger partial charge >= 0.3 is 5.97 Å². The van der Waals surface area contributed by atoms with Crippen molar-refractivity contribution in [1.29, 1.82) is 0 Å². The zero-order valence-corrected chi connectivity index (χ0v) is 8.87. The molecule has 1 unspecified atom stereocenters. The Balaban J connectivity index is 2.83. The fourth-order valence-electron chi connectivity index (χ4n) is 1.62. The van der Waals surface area contributed by atoms with E-state index in [0.717, 1.165) is 12.0 Å². The van der Waals surface area contributed by atoms with Crippen molar-refractivity contribution < 1.29 is 14.3 Å². The van der Waals surface area contributed by atoms with Gasteiger partial charge in [-0.15, -0.1) is 0 Å². The number of esters is 1. The van der Waals surface area contributed by atoms with E-state index < -0.39 is 5.41 Å². The molecule has 0 fully saturated rings. The van der Waals surface area contributed by atoms with Gasteiger partial charge in [-0.1, -0.05) is 18.2 Å². The molecule has 0 aromatic carbocycles. The van der Waals surface area contributed by atoms with Crippen LogP contribution in [0.1, 0.15) is 13.3 Å². The van der Waals surface area contributed by atoms with Crippen LogP contribution in [0.25, 0.3) is 0 Å². The fourth-order valence-corrected chi connectivity index (χ4v) is 1.62. The molecule has 0 aromatic rings. The molecule has 0 aromatic heterocycles. The van der Waals surface area contributed by atoms with E-state index in [9.17, 15) is 4.79 Å². The van der Waals surface area contributed by atoms with Crippen molar-refractivity contribution in [3.8, 4) is 0 Å². The highest BCUT2D eigenvalue weighted by molar-refractivity contribution is 5.81. The topological polar surface area (TPSA) is 35.5 Å². The van der Waals surface area contributed by atoms with Crippen LogP contribution in [0.3, 0.4) is 0 Å². The van der Waals surface area contributed by atoms with Crippen LogP contribution in [0.4, 0.5) is 0 Å². The lowest BCUT2D eigenvalue weighted by Gasteiger charge is -2.23. The van der Waals surface area contributed by atoms with Gasteiger partial charge in [0.1, 0.15) is 5.41 Å². The first-order chi connectivity index (χ1) is 6.62. The van der Waals surface area contributed by atoms with Gasteiger partial charge in [0.25, 0.3) is 0 Å². The third-order valence-electron chi connectivity index (χ3n) is 2.30. The Hall–Kier alpha value is -1.09. The van der Waals surface area contributed by atoms with E-state index in [2.05, 4.69) is 0 Å². The molecular weight excluding hydrogens is 180 g/mol. The average Bonchev–Trinajstić information content (AvgIpc) is 2.17. The smallest absolute Gasteiger partial charge is 0.319 e. The molecule has 0 saturated carbocycles. The Morgan fingerprint density at radius 3 is 2.86 bits per heavy atom. The minimum Gasteiger partial charge on any atom is -0.468 e. The minimum absolute atomic E-state index is 0.234. The van der Waals surface area contributed by atoms with Gasteiger partial charge in [0.2, 0.25) is 0 Å². The predicted molar refractivity (Wildman–Crippen MR) is 53.8 cm³/mol. The van der Waals surface area contributed by atoms with E-state index >= 15 is 0 Å². The lowest BCUT2D eigenvalue weighted by atomic mass is 9.83. The first-order valence-electron chi connectivity index (χ1n) is 4.58. The number of carbonyl (C=O) groups is 1. The summed E-state index contributed by atoms with van der Waals surface area (Å²) in [5, 5.41) is 0. The SMILES string of the molecule is COCC1=CC(C)(C(=O)OC)C=CC1. The molecule has 1 rings (SSSR count). The minimum atomic E-state index is -0.624. The molecular formula is C11H16O3. The Kier molecular flexibility index (Phi) is 3.47. The van der Waals surface area contributed by atoms with E-state index in [1.54, 1.807) is 7.11 Å². The molecule has 0 radical (unpaired) electrons. The fraction of sp³-hybridized carbons (Fsp3) is 0.545. The molecule has 78 valence electrons. The highest BCUT2D eigenvalue weighted by Gasteiger charge is 2.31. The van der Waals surface area contributed by atoms with E-state index in [0.29, 0.717) is 6.61 Å². The zero-order chi connectivity index (χ0) is 10.6. The standard InChI is InChI=1S/C11H16O3/c1-11(10(12)14-3)6-4-5-9(7-11)8-13-2/h4,6-7H,5,8H2,1-3H3. The number of hydrogen-bond donors (Lipinski definition) is 0. The van der Waals surface area contributed by atoms with E-state index in [1.165, 1.54) is 7.11 Å². The van der Waals surface area contributed by atoms with Gasteiger partial charge in [-0.2, -0.15) is 0 Å². The van der Waals surface area contributed by atoms with Crippen LogP contribution in [0.5, 0.6) is 0 Å². The molecule has 1 aliphatic carbocycles. The lowest BCUT2D eigenvalue weighted by Crippen LogP contribution is -2.27. The van der Waals surface area contributed by atoms with Crippen LogP contribution in [0, 0.1) is 5.41 Å². The quantitative estimate of drug-likeness (QED) is 0.509. The molecule has 0 aliphatic heterocycles. The predicted octanol–water partition coefficient (Wildman–Crippen LogP) is 1.70. The van der Waals surface area contributed by atoms with Gasteiger partial charge in [-0.25, -0.2) is 0 Å². The number of allylic oxidation sites excluding steroid dienone is 1. The molecule has 1 aliphatic rings. The lowest BCUT2D eigenvalue weighted by molar-refractivity contribution is -0.146. The summed E-state index contributed by atoms with van der Waals surface area (Å²) >= 11 is 0. The second kappa shape index (κ2) is 4.42. The monoisotopic (exact) mass is 196 g/mol. The van der Waals surface area contributed by atoms with Crippen molar-refractivity contribution in [2.75, 3.05) is 20.8 Å². The summed E-state index contributed by atoms with van der Waals surface area (Å²) < 4.78 is 9.78. The second-order valence-electron chi connectivity index (χ2n) is 3.62. The molecule has 1 atom stereocenters. The van der Waals surface area contributed by atoms with Crippen molar-refractivity contribution in [1.82, 2.24) is 0 Å². The normalized spacial score (nSPS) is 25.8. The highest BCUT2D eigenvalue weighted by Crippen LogP contribution is 2.29. The maximum Gasteiger partial charge on any atom is 0.319 e. The maximum atomic E-state index is 11.5. The van der Waals surface area contributed by atoms with Crippen molar-refractivity contribution in [2.45, 2.75) is 13.3 Å². The first-order valence-corrected chi connectivity index (χ1v) is 4.58. The van der Waals surface area contributed by atoms with Crippen molar-refractivity contribution in [2.24, 2.45) is 5.41 Å². The first kappa shape index (κ1) is 11.0. The van der Waals surface area contributed by atoms with Crippen LogP contribution in [-0.2, 0) is 14.3 Å². The van der Waals surface area contributed by atoms with Crippen LogP contribution >= 0.6 is 0 Å². The summed E-state index contributed by atoms with van der Waals surface area (Å²) in [6.07, 6.45) is 6.62. The summed E-state index contributed by atoms with van der Waals surface area (Å²) in [6, 6.07) is 0. The van der Waals surface area contributed by atoms with Gasteiger partial charge in [0.15, 0.2) is 0 Å². The van der Waals surface area contributed by atoms with Crippen LogP contribution in [-0.4, -0.2) is 26.8 Å². The molecule has 0 spiro atoms. The largest absolute Gasteiger partial charge is 0.468 e. The molecule has 0 heterocycles. The average molecular weight is 196 g/mol. The second-order valence-corrected chi connectivity index (χ2v) is 3.62. The van der Waals surface area contributed by atoms with Gasteiger partial charge in [-0.3, -0.25) is 4.79 Å². The van der Waals surface area contributed by atoms with E-state index in [1.807, 2.05) is 25.2 Å². The van der Waals surface area contributed by atoms with Crippen molar-refractivity contribution in [3.63, 3.8) is 0 Å². The Morgan fingerprint density at radius 2 is 2.29 bits per heavy atom. The van der Waals surface area contributed by atoms with Gasteiger partial charge in [0, 0.05) is 7.11 Å². The van der Waals surface area contributed by atoms with Crippen LogP contribution in [0.15, 0.2) is 23.8 Å². The highest BCUT2D eigenvalue weighted by atomic mass is 16.5. The van der Waals surface area contributed by atoms with E-state index in [-0.39, 0.29) is 5.97 Å². The summed E-state index contributed by atoms with van der Waals surface area (Å²) in [5.41, 5.74) is 0.490.